The van der Waals surface area contributed by atoms with Gasteiger partial charge in [0, 0.05) is 97.6 Å². The van der Waals surface area contributed by atoms with Gasteiger partial charge in [-0.15, -0.1) is 5.06 Å². The third-order valence-corrected chi connectivity index (χ3v) is 18.2. The summed E-state index contributed by atoms with van der Waals surface area (Å²) >= 11 is 5.63. The number of esters is 2. The molecule has 9 N–H and O–H groups in total. The summed E-state index contributed by atoms with van der Waals surface area (Å²) in [6.07, 6.45) is 14.1. The molecule has 8 aliphatic heterocycles. The van der Waals surface area contributed by atoms with E-state index in [1.54, 1.807) is 0 Å². The molecule has 0 aromatic rings. The van der Waals surface area contributed by atoms with Crippen LogP contribution < -0.4 is 37.6 Å². The van der Waals surface area contributed by atoms with Gasteiger partial charge in [-0.2, -0.15) is 35.3 Å². The maximum absolute atomic E-state index is 12.0. The lowest BCUT2D eigenvalue weighted by Gasteiger charge is -2.16. The van der Waals surface area contributed by atoms with Crippen molar-refractivity contribution >= 4 is 94.9 Å². The molecule has 8 rings (SSSR count). The predicted molar refractivity (Wildman–Crippen MR) is 287 cm³/mol. The number of amides is 8. The van der Waals surface area contributed by atoms with E-state index in [0.717, 1.165) is 87.9 Å². The van der Waals surface area contributed by atoms with E-state index in [4.69, 9.17) is 29.9 Å². The molecule has 8 saturated heterocycles. The van der Waals surface area contributed by atoms with E-state index in [2.05, 4.69) is 36.6 Å². The molecule has 0 aromatic carbocycles. The van der Waals surface area contributed by atoms with E-state index in [0.29, 0.717) is 111 Å². The van der Waals surface area contributed by atoms with Crippen molar-refractivity contribution in [3.05, 3.63) is 0 Å². The Morgan fingerprint density at radius 1 is 0.519 bits per heavy atom. The summed E-state index contributed by atoms with van der Waals surface area (Å²) in [7, 11) is 0. The quantitative estimate of drug-likeness (QED) is 0.0168. The van der Waals surface area contributed by atoms with Gasteiger partial charge in [-0.25, -0.2) is 19.2 Å². The maximum atomic E-state index is 12.0. The Kier molecular flexibility index (Phi) is 29.0. The number of hydroxylamine groups is 2. The SMILES string of the molecule is NCCCOCCOCCOCCCCC(=O)CCCC[C@@H]1SC[C@@H]2NC(=O)N[C@@H]21.O=C(O)CCCC[C@@H]1SC[C@@H]2NC(=O)N[C@@H]21.O=C1CCCC(=O)O1.O=C1N[C@H]2[C@H](CS[C@H]2CCCCC(=O)ON2C(=O)CCC2=O)N1. The Balaban J connectivity index is 0.000000205. The van der Waals surface area contributed by atoms with Gasteiger partial charge in [0.15, 0.2) is 0 Å². The summed E-state index contributed by atoms with van der Waals surface area (Å²) in [4.78, 5) is 116. The fraction of sp³-hybridized carbons (Fsp3) is 0.800. The summed E-state index contributed by atoms with van der Waals surface area (Å²) in [5, 5.41) is 28.0. The summed E-state index contributed by atoms with van der Waals surface area (Å²) in [6, 6.07) is 1.21. The molecule has 0 saturated carbocycles. The first kappa shape index (κ1) is 63.4. The van der Waals surface area contributed by atoms with E-state index >= 15 is 0 Å². The highest BCUT2D eigenvalue weighted by atomic mass is 32.2. The van der Waals surface area contributed by atoms with Crippen LogP contribution in [0.2, 0.25) is 0 Å². The van der Waals surface area contributed by atoms with E-state index in [1.165, 1.54) is 0 Å². The van der Waals surface area contributed by atoms with Crippen molar-refractivity contribution in [1.82, 2.24) is 37.0 Å². The number of ketones is 1. The Morgan fingerprint density at radius 3 is 1.34 bits per heavy atom. The number of rotatable bonds is 30. The highest BCUT2D eigenvalue weighted by Gasteiger charge is 2.44. The minimum atomic E-state index is -0.729. The van der Waals surface area contributed by atoms with Crippen molar-refractivity contribution < 1.29 is 76.8 Å². The molecule has 8 heterocycles. The normalized spacial score (nSPS) is 26.4. The number of nitrogens with one attached hydrogen (secondary N) is 6. The molecule has 0 bridgehead atoms. The van der Waals surface area contributed by atoms with Gasteiger partial charge < -0.3 is 66.5 Å². The van der Waals surface area contributed by atoms with Crippen molar-refractivity contribution in [2.24, 2.45) is 5.73 Å². The number of urea groups is 3. The second kappa shape index (κ2) is 35.3. The second-order valence-corrected chi connectivity index (χ2v) is 23.5. The van der Waals surface area contributed by atoms with Crippen LogP contribution in [0, 0.1) is 0 Å². The van der Waals surface area contributed by atoms with Crippen LogP contribution in [0.1, 0.15) is 135 Å². The van der Waals surface area contributed by atoms with Gasteiger partial charge in [-0.3, -0.25) is 28.8 Å². The van der Waals surface area contributed by atoms with E-state index in [1.807, 2.05) is 35.3 Å². The first-order valence-electron chi connectivity index (χ1n) is 27.2. The van der Waals surface area contributed by atoms with Crippen LogP contribution in [0.4, 0.5) is 14.4 Å². The lowest BCUT2D eigenvalue weighted by atomic mass is 10.0. The molecule has 8 fully saturated rings. The molecular weight excluding hydrogens is 1060 g/mol. The summed E-state index contributed by atoms with van der Waals surface area (Å²) in [5.41, 5.74) is 5.38. The molecule has 27 heteroatoms. The first-order chi connectivity index (χ1) is 37.2. The zero-order valence-corrected chi connectivity index (χ0v) is 46.4. The van der Waals surface area contributed by atoms with E-state index < -0.39 is 23.8 Å². The molecule has 0 unspecified atom stereocenters. The minimum Gasteiger partial charge on any atom is -0.481 e. The number of Topliss-reactive ketones (excluding diaryl/α,β-unsaturated/α-hetero) is 1. The topological polar surface area (TPSA) is 339 Å². The molecule has 24 nitrogen and oxygen atoms in total. The van der Waals surface area contributed by atoms with Gasteiger partial charge in [0.05, 0.1) is 62.7 Å². The molecule has 434 valence electrons. The van der Waals surface area contributed by atoms with Gasteiger partial charge in [-0.1, -0.05) is 19.3 Å². The van der Waals surface area contributed by atoms with Crippen LogP contribution in [-0.4, -0.2) is 185 Å². The molecule has 8 amide bonds. The van der Waals surface area contributed by atoms with Crippen molar-refractivity contribution in [3.8, 4) is 0 Å². The number of hydrogen-bond acceptors (Lipinski definition) is 19. The van der Waals surface area contributed by atoms with Gasteiger partial charge >= 0.3 is 42.0 Å². The number of thioether (sulfide) groups is 3. The average Bonchev–Trinajstić information content (AvgIpc) is 4.28. The molecule has 0 spiro atoms. The van der Waals surface area contributed by atoms with Gasteiger partial charge in [0.2, 0.25) is 0 Å². The van der Waals surface area contributed by atoms with Crippen LogP contribution in [0.5, 0.6) is 0 Å². The number of aliphatic carboxylic acids is 1. The predicted octanol–water partition coefficient (Wildman–Crippen LogP) is 3.21. The number of imide groups is 1. The highest BCUT2D eigenvalue weighted by Crippen LogP contribution is 2.35. The standard InChI is InChI=1S/C21H39N3O5S.C14H19N3O5S.C10H16N2O3S.C5H6O3/c22-9-5-11-28-13-15-29-14-12-27-10-4-3-7-17(25)6-1-2-8-19-20-18(16-30-19)23-21(26)24-20;18-10-5-6-11(19)17(10)22-12(20)4-2-1-3-9-13-8(7-23-9)15-14(21)16-13;13-8(14)4-2-1-3-7-9-6(5-16-7)11-10(15)12-9;6-4-2-1-3-5(7)8-4/h18-20H,1-16,22H2,(H2,23,24,26);8-9,13H,1-7H2,(H2,15,16,21);6-7,9H,1-5H2,(H,13,14)(H2,11,12,15);1-3H2/t18-,19-,20-;8-,9-,13-;6-,7-,9-;/m000./s1. The van der Waals surface area contributed by atoms with Crippen molar-refractivity contribution in [2.75, 3.05) is 63.4 Å². The zero-order chi connectivity index (χ0) is 55.4. The number of fused-ring (bicyclic) bond motifs is 3. The molecular formula is C50H80N8O16S3. The highest BCUT2D eigenvalue weighted by molar-refractivity contribution is 8.00. The molecule has 8 aliphatic rings. The Labute approximate surface area is 462 Å². The molecule has 9 atom stereocenters. The number of hydrogen-bond donors (Lipinski definition) is 8. The zero-order valence-electron chi connectivity index (χ0n) is 43.9. The summed E-state index contributed by atoms with van der Waals surface area (Å²) < 4.78 is 20.5. The largest absolute Gasteiger partial charge is 0.481 e. The Bertz CT molecular complexity index is 1950. The number of carbonyl (C=O) groups excluding carboxylic acids is 9. The number of carbonyl (C=O) groups is 10. The number of nitrogens with zero attached hydrogens (tertiary/aromatic N) is 1. The number of carboxylic acid groups (broad SMARTS) is 1. The van der Waals surface area contributed by atoms with E-state index in [-0.39, 0.29) is 92.0 Å². The average molecular weight is 1150 g/mol. The number of carboxylic acids is 1. The fourth-order valence-electron chi connectivity index (χ4n) is 9.62. The Morgan fingerprint density at radius 2 is 0.922 bits per heavy atom. The minimum absolute atomic E-state index is 0.0364. The van der Waals surface area contributed by atoms with Crippen LogP contribution in [-0.2, 0) is 57.3 Å². The van der Waals surface area contributed by atoms with Crippen LogP contribution in [0.3, 0.4) is 0 Å². The smallest absolute Gasteiger partial charge is 0.333 e. The molecule has 77 heavy (non-hydrogen) atoms. The van der Waals surface area contributed by atoms with Gasteiger partial charge in [-0.05, 0) is 70.8 Å². The van der Waals surface area contributed by atoms with E-state index in [9.17, 15) is 47.9 Å². The molecule has 0 aromatic heterocycles. The Hall–Kier alpha value is -4.41. The second-order valence-electron chi connectivity index (χ2n) is 19.7. The number of ether oxygens (including phenoxy) is 4. The molecule has 0 aliphatic carbocycles. The summed E-state index contributed by atoms with van der Waals surface area (Å²) in [6.45, 7) is 4.33. The summed E-state index contributed by atoms with van der Waals surface area (Å²) in [5.74, 6) is 0.243. The van der Waals surface area contributed by atoms with Gasteiger partial charge in [0.1, 0.15) is 5.78 Å². The number of unbranched alkanes of at least 4 members (excludes halogenated alkanes) is 4. The first-order valence-corrected chi connectivity index (χ1v) is 30.4. The molecule has 0 radical (unpaired) electrons. The third-order valence-electron chi connectivity index (χ3n) is 13.7. The lowest BCUT2D eigenvalue weighted by molar-refractivity contribution is -0.197. The number of nitrogens with two attached hydrogens (primary N) is 1. The van der Waals surface area contributed by atoms with Gasteiger partial charge in [0.25, 0.3) is 11.8 Å². The fourth-order valence-corrected chi connectivity index (χ4v) is 14.3. The monoisotopic (exact) mass is 1140 g/mol. The van der Waals surface area contributed by atoms with Crippen molar-refractivity contribution in [3.63, 3.8) is 0 Å². The maximum Gasteiger partial charge on any atom is 0.333 e. The van der Waals surface area contributed by atoms with Crippen LogP contribution >= 0.6 is 35.3 Å². The van der Waals surface area contributed by atoms with Crippen molar-refractivity contribution in [1.29, 1.82) is 0 Å². The van der Waals surface area contributed by atoms with Crippen LogP contribution in [0.15, 0.2) is 0 Å². The lowest BCUT2D eigenvalue weighted by Crippen LogP contribution is -2.36. The van der Waals surface area contributed by atoms with Crippen LogP contribution in [0.25, 0.3) is 0 Å². The number of cyclic esters (lactones) is 2. The van der Waals surface area contributed by atoms with Crippen molar-refractivity contribution in [2.45, 2.75) is 187 Å². The third kappa shape index (κ3) is 23.5.